The van der Waals surface area contributed by atoms with Gasteiger partial charge in [-0.2, -0.15) is 0 Å². The first-order valence-electron chi connectivity index (χ1n) is 7.09. The molecule has 1 aromatic heterocycles. The quantitative estimate of drug-likeness (QED) is 0.587. The number of thiazole rings is 1. The van der Waals surface area contributed by atoms with Crippen LogP contribution in [0.5, 0.6) is 5.75 Å². The number of methoxy groups -OCH3 is 1. The maximum Gasteiger partial charge on any atom is 0.246 e. The number of nitrogens with zero attached hydrogens (tertiary/aromatic N) is 2. The summed E-state index contributed by atoms with van der Waals surface area (Å²) in [6.07, 6.45) is 5.32. The van der Waals surface area contributed by atoms with Crippen molar-refractivity contribution in [2.75, 3.05) is 20.4 Å². The standard InChI is InChI=1S/C17H20N2O2S2/c1-12-18-14(11-23-12)6-8-17(20)19(2)10-13-5-7-16(22-4)15(9-13)21-3/h5-9,11H,10H2,1-4H3/b8-6+. The van der Waals surface area contributed by atoms with Gasteiger partial charge in [0, 0.05) is 29.9 Å². The number of aryl methyl sites for hydroxylation is 1. The molecule has 0 aliphatic carbocycles. The highest BCUT2D eigenvalue weighted by atomic mass is 32.2. The van der Waals surface area contributed by atoms with Gasteiger partial charge >= 0.3 is 0 Å². The van der Waals surface area contributed by atoms with Gasteiger partial charge in [0.2, 0.25) is 5.91 Å². The molecule has 0 N–H and O–H groups in total. The third-order valence-electron chi connectivity index (χ3n) is 3.28. The van der Waals surface area contributed by atoms with Gasteiger partial charge in [0.1, 0.15) is 5.75 Å². The molecule has 0 aliphatic heterocycles. The molecule has 6 heteroatoms. The number of carbonyl (C=O) groups is 1. The molecule has 1 heterocycles. The smallest absolute Gasteiger partial charge is 0.246 e. The molecule has 0 aliphatic rings. The average Bonchev–Trinajstić information content (AvgIpc) is 2.97. The summed E-state index contributed by atoms with van der Waals surface area (Å²) in [6.45, 7) is 2.48. The third-order valence-corrected chi connectivity index (χ3v) is 4.85. The summed E-state index contributed by atoms with van der Waals surface area (Å²) < 4.78 is 5.38. The molecule has 0 radical (unpaired) electrons. The molecule has 2 aromatic rings. The van der Waals surface area contributed by atoms with Crippen LogP contribution in [0.25, 0.3) is 6.08 Å². The van der Waals surface area contributed by atoms with Crippen molar-refractivity contribution in [1.29, 1.82) is 0 Å². The predicted octanol–water partition coefficient (Wildman–Crippen LogP) is 3.85. The number of rotatable bonds is 6. The van der Waals surface area contributed by atoms with Crippen LogP contribution in [0.1, 0.15) is 16.3 Å². The van der Waals surface area contributed by atoms with Crippen molar-refractivity contribution in [3.8, 4) is 5.75 Å². The number of thioether (sulfide) groups is 1. The minimum atomic E-state index is -0.0523. The summed E-state index contributed by atoms with van der Waals surface area (Å²) in [7, 11) is 3.44. The Bertz CT molecular complexity index is 710. The van der Waals surface area contributed by atoms with Crippen LogP contribution in [0.15, 0.2) is 34.6 Å². The number of hydrogen-bond acceptors (Lipinski definition) is 5. The second-order valence-corrected chi connectivity index (χ2v) is 6.92. The molecular formula is C17H20N2O2S2. The largest absolute Gasteiger partial charge is 0.496 e. The van der Waals surface area contributed by atoms with Gasteiger partial charge in [-0.15, -0.1) is 23.1 Å². The number of carbonyl (C=O) groups excluding carboxylic acids is 1. The Hall–Kier alpha value is -1.79. The maximum atomic E-state index is 12.2. The summed E-state index contributed by atoms with van der Waals surface area (Å²) in [6, 6.07) is 6.01. The molecular weight excluding hydrogens is 328 g/mol. The second-order valence-electron chi connectivity index (χ2n) is 5.01. The molecule has 1 aromatic carbocycles. The zero-order chi connectivity index (χ0) is 16.8. The molecule has 0 saturated heterocycles. The van der Waals surface area contributed by atoms with E-state index in [1.54, 1.807) is 54.3 Å². The van der Waals surface area contributed by atoms with Gasteiger partial charge in [0.25, 0.3) is 0 Å². The van der Waals surface area contributed by atoms with Crippen LogP contribution in [-0.4, -0.2) is 36.2 Å². The van der Waals surface area contributed by atoms with E-state index >= 15 is 0 Å². The minimum absolute atomic E-state index is 0.0523. The average molecular weight is 348 g/mol. The van der Waals surface area contributed by atoms with Crippen LogP contribution in [0.4, 0.5) is 0 Å². The van der Waals surface area contributed by atoms with Crippen molar-refractivity contribution >= 4 is 35.1 Å². The normalized spacial score (nSPS) is 11.0. The van der Waals surface area contributed by atoms with Gasteiger partial charge in [-0.05, 0) is 37.0 Å². The highest BCUT2D eigenvalue weighted by molar-refractivity contribution is 7.98. The zero-order valence-electron chi connectivity index (χ0n) is 13.7. The van der Waals surface area contributed by atoms with Crippen LogP contribution in [0, 0.1) is 6.92 Å². The molecule has 0 saturated carbocycles. The van der Waals surface area contributed by atoms with E-state index in [9.17, 15) is 4.79 Å². The van der Waals surface area contributed by atoms with Crippen molar-refractivity contribution in [1.82, 2.24) is 9.88 Å². The van der Waals surface area contributed by atoms with Crippen LogP contribution < -0.4 is 4.74 Å². The minimum Gasteiger partial charge on any atom is -0.496 e. The first kappa shape index (κ1) is 17.6. The van der Waals surface area contributed by atoms with Crippen molar-refractivity contribution in [2.24, 2.45) is 0 Å². The molecule has 0 fully saturated rings. The highest BCUT2D eigenvalue weighted by Crippen LogP contribution is 2.28. The summed E-state index contributed by atoms with van der Waals surface area (Å²) in [5.41, 5.74) is 1.86. The number of ether oxygens (including phenoxy) is 1. The summed E-state index contributed by atoms with van der Waals surface area (Å²) in [5, 5.41) is 2.93. The zero-order valence-corrected chi connectivity index (χ0v) is 15.3. The number of likely N-dealkylation sites (N-methyl/N-ethyl adjacent to an activating group) is 1. The van der Waals surface area contributed by atoms with Crippen molar-refractivity contribution < 1.29 is 9.53 Å². The predicted molar refractivity (Wildman–Crippen MR) is 97.1 cm³/mol. The second kappa shape index (κ2) is 8.17. The van der Waals surface area contributed by atoms with Gasteiger partial charge in [0.05, 0.1) is 17.8 Å². The van der Waals surface area contributed by atoms with Crippen LogP contribution in [-0.2, 0) is 11.3 Å². The highest BCUT2D eigenvalue weighted by Gasteiger charge is 2.09. The van der Waals surface area contributed by atoms with Crippen LogP contribution in [0.3, 0.4) is 0 Å². The van der Waals surface area contributed by atoms with Crippen molar-refractivity contribution in [2.45, 2.75) is 18.4 Å². The summed E-state index contributed by atoms with van der Waals surface area (Å²) in [5.74, 6) is 0.785. The Morgan fingerprint density at radius 3 is 2.87 bits per heavy atom. The SMILES string of the molecule is COc1cc(CN(C)C(=O)/C=C/c2csc(C)n2)ccc1SC. The number of amides is 1. The molecule has 23 heavy (non-hydrogen) atoms. The summed E-state index contributed by atoms with van der Waals surface area (Å²) in [4.78, 5) is 19.3. The molecule has 2 rings (SSSR count). The van der Waals surface area contributed by atoms with E-state index in [2.05, 4.69) is 4.98 Å². The first-order valence-corrected chi connectivity index (χ1v) is 9.20. The van der Waals surface area contributed by atoms with Gasteiger partial charge in [-0.25, -0.2) is 4.98 Å². The fourth-order valence-electron chi connectivity index (χ4n) is 2.07. The van der Waals surface area contributed by atoms with E-state index in [1.165, 1.54) is 0 Å². The topological polar surface area (TPSA) is 42.4 Å². The Labute approximate surface area is 145 Å². The number of aromatic nitrogens is 1. The number of hydrogen-bond donors (Lipinski definition) is 0. The van der Waals surface area contributed by atoms with Gasteiger partial charge < -0.3 is 9.64 Å². The van der Waals surface area contributed by atoms with Crippen molar-refractivity contribution in [3.05, 3.63) is 45.9 Å². The van der Waals surface area contributed by atoms with Crippen LogP contribution in [0.2, 0.25) is 0 Å². The Kier molecular flexibility index (Phi) is 6.24. The van der Waals surface area contributed by atoms with Crippen molar-refractivity contribution in [3.63, 3.8) is 0 Å². The lowest BCUT2D eigenvalue weighted by molar-refractivity contribution is -0.125. The summed E-state index contributed by atoms with van der Waals surface area (Å²) >= 11 is 3.21. The van der Waals surface area contributed by atoms with E-state index in [0.717, 1.165) is 26.9 Å². The Morgan fingerprint density at radius 1 is 1.48 bits per heavy atom. The molecule has 0 spiro atoms. The monoisotopic (exact) mass is 348 g/mol. The lowest BCUT2D eigenvalue weighted by atomic mass is 10.2. The molecule has 0 bridgehead atoms. The number of benzene rings is 1. The maximum absolute atomic E-state index is 12.2. The van der Waals surface area contributed by atoms with Gasteiger partial charge in [-0.1, -0.05) is 6.07 Å². The van der Waals surface area contributed by atoms with Crippen LogP contribution >= 0.6 is 23.1 Å². The lowest BCUT2D eigenvalue weighted by Gasteiger charge is -2.16. The van der Waals surface area contributed by atoms with E-state index < -0.39 is 0 Å². The Morgan fingerprint density at radius 2 is 2.26 bits per heavy atom. The molecule has 0 atom stereocenters. The first-order chi connectivity index (χ1) is 11.0. The fourth-order valence-corrected chi connectivity index (χ4v) is 3.20. The molecule has 4 nitrogen and oxygen atoms in total. The third kappa shape index (κ3) is 4.84. The fraction of sp³-hybridized carbons (Fsp3) is 0.294. The molecule has 1 amide bonds. The van der Waals surface area contributed by atoms with E-state index in [1.807, 2.05) is 36.8 Å². The molecule has 0 unspecified atom stereocenters. The van der Waals surface area contributed by atoms with Gasteiger partial charge in [0.15, 0.2) is 0 Å². The lowest BCUT2D eigenvalue weighted by Crippen LogP contribution is -2.24. The molecule has 122 valence electrons. The van der Waals surface area contributed by atoms with Gasteiger partial charge in [-0.3, -0.25) is 4.79 Å². The van der Waals surface area contributed by atoms with E-state index in [-0.39, 0.29) is 5.91 Å². The van der Waals surface area contributed by atoms with E-state index in [0.29, 0.717) is 6.54 Å². The Balaban J connectivity index is 2.02. The van der Waals surface area contributed by atoms with E-state index in [4.69, 9.17) is 4.74 Å².